The van der Waals surface area contributed by atoms with Gasteiger partial charge in [0.15, 0.2) is 0 Å². The SMILES string of the molecule is COC(=O)c1ccc(C)c(S(=O)(=O)N2CCC(C(=O)N3CCCC3)CC2)c1. The van der Waals surface area contributed by atoms with Gasteiger partial charge in [-0.25, -0.2) is 13.2 Å². The quantitative estimate of drug-likeness (QED) is 0.727. The van der Waals surface area contributed by atoms with Crippen molar-refractivity contribution in [2.24, 2.45) is 5.92 Å². The second-order valence-corrected chi connectivity index (χ2v) is 9.09. The van der Waals surface area contributed by atoms with Crippen LogP contribution in [0.1, 0.15) is 41.6 Å². The topological polar surface area (TPSA) is 84.0 Å². The Hall–Kier alpha value is -1.93. The number of amides is 1. The average Bonchev–Trinajstić information content (AvgIpc) is 3.22. The number of piperidine rings is 1. The number of aryl methyl sites for hydroxylation is 1. The molecule has 0 atom stereocenters. The van der Waals surface area contributed by atoms with Crippen molar-refractivity contribution in [2.75, 3.05) is 33.3 Å². The Morgan fingerprint density at radius 2 is 1.70 bits per heavy atom. The Kier molecular flexibility index (Phi) is 5.86. The number of sulfonamides is 1. The fourth-order valence-corrected chi connectivity index (χ4v) is 5.52. The van der Waals surface area contributed by atoms with Crippen LogP contribution in [-0.2, 0) is 19.6 Å². The lowest BCUT2D eigenvalue weighted by molar-refractivity contribution is -0.135. The third kappa shape index (κ3) is 4.01. The van der Waals surface area contributed by atoms with Crippen LogP contribution in [0.25, 0.3) is 0 Å². The summed E-state index contributed by atoms with van der Waals surface area (Å²) in [5.41, 5.74) is 0.790. The molecule has 2 aliphatic rings. The van der Waals surface area contributed by atoms with Gasteiger partial charge in [-0.1, -0.05) is 6.07 Å². The minimum absolute atomic E-state index is 0.1000. The number of esters is 1. The van der Waals surface area contributed by atoms with Crippen molar-refractivity contribution in [1.29, 1.82) is 0 Å². The summed E-state index contributed by atoms with van der Waals surface area (Å²) in [5.74, 6) is -0.508. The van der Waals surface area contributed by atoms with Crippen LogP contribution in [0.15, 0.2) is 23.1 Å². The van der Waals surface area contributed by atoms with Crippen molar-refractivity contribution in [3.8, 4) is 0 Å². The van der Waals surface area contributed by atoms with E-state index >= 15 is 0 Å². The molecule has 2 aliphatic heterocycles. The molecule has 0 saturated carbocycles. The van der Waals surface area contributed by atoms with Gasteiger partial charge < -0.3 is 9.64 Å². The summed E-state index contributed by atoms with van der Waals surface area (Å²) in [5, 5.41) is 0. The maximum absolute atomic E-state index is 13.1. The molecule has 2 saturated heterocycles. The minimum atomic E-state index is -3.72. The van der Waals surface area contributed by atoms with Crippen LogP contribution in [0.5, 0.6) is 0 Å². The van der Waals surface area contributed by atoms with Crippen LogP contribution in [0.2, 0.25) is 0 Å². The number of nitrogens with zero attached hydrogens (tertiary/aromatic N) is 2. The van der Waals surface area contributed by atoms with Crippen LogP contribution >= 0.6 is 0 Å². The largest absolute Gasteiger partial charge is 0.465 e. The molecule has 2 fully saturated rings. The maximum atomic E-state index is 13.1. The number of likely N-dealkylation sites (tertiary alicyclic amines) is 1. The summed E-state index contributed by atoms with van der Waals surface area (Å²) in [6.45, 7) is 3.97. The first kappa shape index (κ1) is 19.8. The highest BCUT2D eigenvalue weighted by molar-refractivity contribution is 7.89. The van der Waals surface area contributed by atoms with Crippen LogP contribution < -0.4 is 0 Å². The molecule has 1 aromatic rings. The molecule has 1 amide bonds. The molecule has 27 heavy (non-hydrogen) atoms. The van der Waals surface area contributed by atoms with E-state index in [1.54, 1.807) is 19.1 Å². The summed E-state index contributed by atoms with van der Waals surface area (Å²) in [6, 6.07) is 4.54. The number of ether oxygens (including phenoxy) is 1. The van der Waals surface area contributed by atoms with Crippen LogP contribution in [0.3, 0.4) is 0 Å². The van der Waals surface area contributed by atoms with E-state index in [0.29, 0.717) is 31.5 Å². The van der Waals surface area contributed by atoms with E-state index in [-0.39, 0.29) is 22.3 Å². The van der Waals surface area contributed by atoms with Gasteiger partial charge in [-0.15, -0.1) is 0 Å². The Bertz CT molecular complexity index is 823. The van der Waals surface area contributed by atoms with Crippen molar-refractivity contribution in [3.63, 3.8) is 0 Å². The summed E-state index contributed by atoms with van der Waals surface area (Å²) < 4.78 is 32.3. The second-order valence-electron chi connectivity index (χ2n) is 7.18. The van der Waals surface area contributed by atoms with Crippen molar-refractivity contribution in [2.45, 2.75) is 37.5 Å². The van der Waals surface area contributed by atoms with Gasteiger partial charge in [0.1, 0.15) is 0 Å². The molecule has 0 N–H and O–H groups in total. The molecule has 0 bridgehead atoms. The highest BCUT2D eigenvalue weighted by Gasteiger charge is 2.35. The molecular weight excluding hydrogens is 368 g/mol. The summed E-state index contributed by atoms with van der Waals surface area (Å²) in [4.78, 5) is 26.3. The molecule has 2 heterocycles. The molecule has 0 radical (unpaired) electrons. The highest BCUT2D eigenvalue weighted by Crippen LogP contribution is 2.28. The lowest BCUT2D eigenvalue weighted by atomic mass is 9.97. The molecule has 0 aromatic heterocycles. The minimum Gasteiger partial charge on any atom is -0.465 e. The molecule has 7 nitrogen and oxygen atoms in total. The van der Waals surface area contributed by atoms with Gasteiger partial charge in [-0.05, 0) is 50.3 Å². The predicted molar refractivity (Wildman–Crippen MR) is 99.8 cm³/mol. The van der Waals surface area contributed by atoms with E-state index in [2.05, 4.69) is 4.74 Å². The number of carbonyl (C=O) groups excluding carboxylic acids is 2. The smallest absolute Gasteiger partial charge is 0.337 e. The monoisotopic (exact) mass is 394 g/mol. The van der Waals surface area contributed by atoms with E-state index in [9.17, 15) is 18.0 Å². The second kappa shape index (κ2) is 7.98. The predicted octanol–water partition coefficient (Wildman–Crippen LogP) is 1.80. The lowest BCUT2D eigenvalue weighted by Gasteiger charge is -2.32. The zero-order chi connectivity index (χ0) is 19.6. The standard InChI is InChI=1S/C19H26N2O5S/c1-14-5-6-16(19(23)26-2)13-17(14)27(24,25)21-11-7-15(8-12-21)18(22)20-9-3-4-10-20/h5-6,13,15H,3-4,7-12H2,1-2H3. The van der Waals surface area contributed by atoms with E-state index in [1.807, 2.05) is 4.90 Å². The van der Waals surface area contributed by atoms with Crippen molar-refractivity contribution in [1.82, 2.24) is 9.21 Å². The summed E-state index contributed by atoms with van der Waals surface area (Å²) in [6.07, 6.45) is 3.16. The maximum Gasteiger partial charge on any atom is 0.337 e. The fourth-order valence-electron chi connectivity index (χ4n) is 3.80. The van der Waals surface area contributed by atoms with Crippen LogP contribution in [0.4, 0.5) is 0 Å². The van der Waals surface area contributed by atoms with E-state index < -0.39 is 16.0 Å². The van der Waals surface area contributed by atoms with E-state index in [0.717, 1.165) is 25.9 Å². The fraction of sp³-hybridized carbons (Fsp3) is 0.579. The van der Waals surface area contributed by atoms with Gasteiger partial charge in [-0.3, -0.25) is 4.79 Å². The third-order valence-corrected chi connectivity index (χ3v) is 7.49. The van der Waals surface area contributed by atoms with Gasteiger partial charge in [0, 0.05) is 32.1 Å². The van der Waals surface area contributed by atoms with Gasteiger partial charge in [0.25, 0.3) is 0 Å². The van der Waals surface area contributed by atoms with E-state index in [4.69, 9.17) is 0 Å². The number of hydrogen-bond donors (Lipinski definition) is 0. The van der Waals surface area contributed by atoms with Gasteiger partial charge in [-0.2, -0.15) is 4.31 Å². The Morgan fingerprint density at radius 1 is 1.07 bits per heavy atom. The zero-order valence-corrected chi connectivity index (χ0v) is 16.6. The molecule has 0 aliphatic carbocycles. The highest BCUT2D eigenvalue weighted by atomic mass is 32.2. The Morgan fingerprint density at radius 3 is 2.30 bits per heavy atom. The van der Waals surface area contributed by atoms with Gasteiger partial charge >= 0.3 is 5.97 Å². The molecule has 148 valence electrons. The molecule has 3 rings (SSSR count). The molecule has 0 spiro atoms. The van der Waals surface area contributed by atoms with Crippen molar-refractivity contribution in [3.05, 3.63) is 29.3 Å². The molecule has 1 aromatic carbocycles. The summed E-state index contributed by atoms with van der Waals surface area (Å²) in [7, 11) is -2.46. The van der Waals surface area contributed by atoms with Crippen LogP contribution in [-0.4, -0.2) is 62.8 Å². The molecule has 8 heteroatoms. The lowest BCUT2D eigenvalue weighted by Crippen LogP contribution is -2.43. The Labute approximate surface area is 160 Å². The first-order valence-corrected chi connectivity index (χ1v) is 10.8. The number of benzene rings is 1. The molecular formula is C19H26N2O5S. The first-order valence-electron chi connectivity index (χ1n) is 9.32. The normalized spacial score (nSPS) is 19.3. The number of rotatable bonds is 4. The Balaban J connectivity index is 1.73. The number of carbonyl (C=O) groups is 2. The summed E-state index contributed by atoms with van der Waals surface area (Å²) >= 11 is 0. The third-order valence-electron chi connectivity index (χ3n) is 5.45. The van der Waals surface area contributed by atoms with Crippen molar-refractivity contribution < 1.29 is 22.7 Å². The number of methoxy groups -OCH3 is 1. The van der Waals surface area contributed by atoms with E-state index in [1.165, 1.54) is 17.5 Å². The van der Waals surface area contributed by atoms with Gasteiger partial charge in [0.2, 0.25) is 15.9 Å². The average molecular weight is 394 g/mol. The zero-order valence-electron chi connectivity index (χ0n) is 15.8. The van der Waals surface area contributed by atoms with Crippen LogP contribution in [0, 0.1) is 12.8 Å². The first-order chi connectivity index (χ1) is 12.8. The number of hydrogen-bond acceptors (Lipinski definition) is 5. The molecule has 0 unspecified atom stereocenters. The van der Waals surface area contributed by atoms with Crippen molar-refractivity contribution >= 4 is 21.9 Å². The van der Waals surface area contributed by atoms with Gasteiger partial charge in [0.05, 0.1) is 17.6 Å².